The fourth-order valence-electron chi connectivity index (χ4n) is 1.83. The smallest absolute Gasteiger partial charge is 0.330 e. The van der Waals surface area contributed by atoms with Gasteiger partial charge in [-0.15, -0.1) is 5.06 Å². The SMILES string of the molecule is O=C(CC[PH](=O)CCSSc1ccccn1)ON1C(=O)CCC1=O. The van der Waals surface area contributed by atoms with E-state index in [1.165, 1.54) is 10.8 Å². The molecule has 1 saturated heterocycles. The van der Waals surface area contributed by atoms with Gasteiger partial charge in [-0.25, -0.2) is 9.78 Å². The Balaban J connectivity index is 1.58. The van der Waals surface area contributed by atoms with Gasteiger partial charge in [-0.2, -0.15) is 0 Å². The molecule has 1 aliphatic rings. The summed E-state index contributed by atoms with van der Waals surface area (Å²) in [5.41, 5.74) is 0. The van der Waals surface area contributed by atoms with E-state index in [1.54, 1.807) is 17.0 Å². The first-order valence-corrected chi connectivity index (χ1v) is 11.5. The number of carbonyl (C=O) groups is 3. The predicted molar refractivity (Wildman–Crippen MR) is 93.1 cm³/mol. The highest BCUT2D eigenvalue weighted by molar-refractivity contribution is 8.76. The molecule has 1 unspecified atom stereocenters. The van der Waals surface area contributed by atoms with Crippen LogP contribution in [0.3, 0.4) is 0 Å². The maximum atomic E-state index is 11.9. The lowest BCUT2D eigenvalue weighted by Gasteiger charge is -2.12. The highest BCUT2D eigenvalue weighted by Gasteiger charge is 2.32. The molecule has 10 heteroatoms. The number of rotatable bonds is 9. The van der Waals surface area contributed by atoms with Crippen molar-refractivity contribution in [3.8, 4) is 0 Å². The van der Waals surface area contributed by atoms with Crippen molar-refractivity contribution in [3.63, 3.8) is 0 Å². The summed E-state index contributed by atoms with van der Waals surface area (Å²) in [4.78, 5) is 43.1. The van der Waals surface area contributed by atoms with Gasteiger partial charge in [-0.1, -0.05) is 16.9 Å². The van der Waals surface area contributed by atoms with Crippen LogP contribution in [0.4, 0.5) is 0 Å². The van der Waals surface area contributed by atoms with Gasteiger partial charge in [-0.3, -0.25) is 9.59 Å². The van der Waals surface area contributed by atoms with Crippen molar-refractivity contribution >= 4 is 47.2 Å². The molecule has 1 atom stereocenters. The second kappa shape index (κ2) is 9.86. The fourth-order valence-corrected chi connectivity index (χ4v) is 5.90. The fraction of sp³-hybridized carbons (Fsp3) is 0.429. The standard InChI is InChI=1S/C14H17N2O5PS2/c17-12-4-5-13(18)16(12)21-14(19)6-8-22(20)9-10-23-24-11-3-1-2-7-15-11/h1-3,7,22H,4-6,8-10H2. The zero-order chi connectivity index (χ0) is 17.4. The Morgan fingerprint density at radius 1 is 1.25 bits per heavy atom. The maximum absolute atomic E-state index is 11.9. The summed E-state index contributed by atoms with van der Waals surface area (Å²) in [7, 11) is 1.19. The van der Waals surface area contributed by atoms with E-state index in [-0.39, 0.29) is 25.4 Å². The van der Waals surface area contributed by atoms with Crippen molar-refractivity contribution in [2.24, 2.45) is 0 Å². The van der Waals surface area contributed by atoms with E-state index < -0.39 is 25.6 Å². The molecule has 1 aliphatic heterocycles. The second-order valence-corrected chi connectivity index (χ2v) is 9.42. The number of amides is 2. The highest BCUT2D eigenvalue weighted by Crippen LogP contribution is 2.32. The molecule has 2 heterocycles. The van der Waals surface area contributed by atoms with Crippen LogP contribution in [0.5, 0.6) is 0 Å². The molecule has 0 saturated carbocycles. The summed E-state index contributed by atoms with van der Waals surface area (Å²) in [6.07, 6.45) is 2.51. The zero-order valence-corrected chi connectivity index (χ0v) is 15.4. The molecule has 130 valence electrons. The molecular weight excluding hydrogens is 371 g/mol. The van der Waals surface area contributed by atoms with Crippen LogP contribution in [0.2, 0.25) is 0 Å². The number of nitrogens with zero attached hydrogens (tertiary/aromatic N) is 2. The molecule has 7 nitrogen and oxygen atoms in total. The van der Waals surface area contributed by atoms with Gasteiger partial charge in [0.25, 0.3) is 11.8 Å². The Bertz CT molecular complexity index is 613. The third-order valence-electron chi connectivity index (χ3n) is 3.05. The summed E-state index contributed by atoms with van der Waals surface area (Å²) in [6.45, 7) is 0. The number of hydroxylamine groups is 2. The van der Waals surface area contributed by atoms with E-state index in [0.29, 0.717) is 17.0 Å². The van der Waals surface area contributed by atoms with Gasteiger partial charge < -0.3 is 9.40 Å². The number of carbonyl (C=O) groups excluding carboxylic acids is 3. The molecular formula is C14H17N2O5PS2. The van der Waals surface area contributed by atoms with Gasteiger partial charge >= 0.3 is 5.97 Å². The van der Waals surface area contributed by atoms with Gasteiger partial charge in [0.15, 0.2) is 0 Å². The van der Waals surface area contributed by atoms with E-state index in [2.05, 4.69) is 4.98 Å². The molecule has 0 aromatic carbocycles. The first-order valence-electron chi connectivity index (χ1n) is 7.35. The van der Waals surface area contributed by atoms with E-state index in [0.717, 1.165) is 5.03 Å². The summed E-state index contributed by atoms with van der Waals surface area (Å²) >= 11 is 0. The summed E-state index contributed by atoms with van der Waals surface area (Å²) in [6, 6.07) is 5.65. The van der Waals surface area contributed by atoms with Crippen LogP contribution in [0.1, 0.15) is 19.3 Å². The van der Waals surface area contributed by atoms with Crippen LogP contribution in [0.15, 0.2) is 29.4 Å². The lowest BCUT2D eigenvalue weighted by atomic mass is 10.4. The molecule has 0 radical (unpaired) electrons. The minimum atomic E-state index is -1.89. The molecule has 0 aliphatic carbocycles. The molecule has 0 bridgehead atoms. The predicted octanol–water partition coefficient (Wildman–Crippen LogP) is 2.38. The highest BCUT2D eigenvalue weighted by atomic mass is 33.1. The van der Waals surface area contributed by atoms with Crippen molar-refractivity contribution in [1.29, 1.82) is 0 Å². The van der Waals surface area contributed by atoms with Crippen molar-refractivity contribution in [2.45, 2.75) is 24.3 Å². The van der Waals surface area contributed by atoms with Crippen LogP contribution in [0.25, 0.3) is 0 Å². The number of hydrogen-bond acceptors (Lipinski definition) is 8. The van der Waals surface area contributed by atoms with Crippen molar-refractivity contribution < 1.29 is 23.8 Å². The summed E-state index contributed by atoms with van der Waals surface area (Å²) < 4.78 is 11.9. The molecule has 1 fully saturated rings. The minimum absolute atomic E-state index is 0.0626. The van der Waals surface area contributed by atoms with Gasteiger partial charge in [0, 0.05) is 37.1 Å². The number of hydrogen-bond donors (Lipinski definition) is 0. The van der Waals surface area contributed by atoms with Gasteiger partial charge in [-0.05, 0) is 22.9 Å². The van der Waals surface area contributed by atoms with Gasteiger partial charge in [0.2, 0.25) is 0 Å². The molecule has 0 spiro atoms. The lowest BCUT2D eigenvalue weighted by molar-refractivity contribution is -0.197. The van der Waals surface area contributed by atoms with Crippen LogP contribution in [-0.4, -0.2) is 45.9 Å². The monoisotopic (exact) mass is 388 g/mol. The first kappa shape index (κ1) is 19.0. The average molecular weight is 388 g/mol. The van der Waals surface area contributed by atoms with Crippen LogP contribution in [0, 0.1) is 0 Å². The van der Waals surface area contributed by atoms with Crippen LogP contribution < -0.4 is 0 Å². The summed E-state index contributed by atoms with van der Waals surface area (Å²) in [5.74, 6) is -1.03. The molecule has 2 rings (SSSR count). The Kier molecular flexibility index (Phi) is 7.81. The second-order valence-electron chi connectivity index (χ2n) is 4.91. The lowest BCUT2D eigenvalue weighted by Crippen LogP contribution is -2.32. The van der Waals surface area contributed by atoms with Gasteiger partial charge in [0.1, 0.15) is 5.03 Å². The normalized spacial score (nSPS) is 15.6. The Hall–Kier alpha value is -1.31. The molecule has 0 N–H and O–H groups in total. The van der Waals surface area contributed by atoms with Crippen molar-refractivity contribution in [1.82, 2.24) is 10.0 Å². The third kappa shape index (κ3) is 6.30. The molecule has 24 heavy (non-hydrogen) atoms. The Morgan fingerprint density at radius 3 is 2.67 bits per heavy atom. The van der Waals surface area contributed by atoms with Crippen LogP contribution >= 0.6 is 29.4 Å². The number of pyridine rings is 1. The van der Waals surface area contributed by atoms with Crippen molar-refractivity contribution in [2.75, 3.05) is 18.1 Å². The van der Waals surface area contributed by atoms with E-state index in [9.17, 15) is 18.9 Å². The Labute approximate surface area is 148 Å². The van der Waals surface area contributed by atoms with E-state index >= 15 is 0 Å². The largest absolute Gasteiger partial charge is 0.333 e. The third-order valence-corrected chi connectivity index (χ3v) is 7.30. The molecule has 1 aromatic heterocycles. The minimum Gasteiger partial charge on any atom is -0.330 e. The number of aromatic nitrogens is 1. The van der Waals surface area contributed by atoms with Crippen LogP contribution in [-0.2, 0) is 23.8 Å². The quantitative estimate of drug-likeness (QED) is 0.275. The maximum Gasteiger partial charge on any atom is 0.333 e. The van der Waals surface area contributed by atoms with E-state index in [1.807, 2.05) is 18.2 Å². The average Bonchev–Trinajstić information content (AvgIpc) is 2.90. The molecule has 1 aromatic rings. The number of imide groups is 1. The Morgan fingerprint density at radius 2 is 2.00 bits per heavy atom. The summed E-state index contributed by atoms with van der Waals surface area (Å²) in [5, 5.41) is 1.41. The van der Waals surface area contributed by atoms with Crippen molar-refractivity contribution in [3.05, 3.63) is 24.4 Å². The topological polar surface area (TPSA) is 93.6 Å². The zero-order valence-electron chi connectivity index (χ0n) is 12.8. The first-order chi connectivity index (χ1) is 11.6. The van der Waals surface area contributed by atoms with Gasteiger partial charge in [0.05, 0.1) is 14.2 Å². The molecule has 2 amide bonds. The van der Waals surface area contributed by atoms with E-state index in [4.69, 9.17) is 4.84 Å².